The molecule has 0 bridgehead atoms. The van der Waals surface area contributed by atoms with Gasteiger partial charge < -0.3 is 14.2 Å². The molecule has 0 aliphatic rings. The second-order valence-electron chi connectivity index (χ2n) is 9.14. The number of halogens is 1. The zero-order valence-corrected chi connectivity index (χ0v) is 20.7. The van der Waals surface area contributed by atoms with Crippen molar-refractivity contribution < 1.29 is 23.8 Å². The molecule has 6 heteroatoms. The van der Waals surface area contributed by atoms with E-state index in [1.54, 1.807) is 38.1 Å². The Balaban J connectivity index is 2.24. The van der Waals surface area contributed by atoms with E-state index in [1.807, 2.05) is 46.8 Å². The van der Waals surface area contributed by atoms with Crippen LogP contribution in [0.4, 0.5) is 0 Å². The number of rotatable bonds is 7. The van der Waals surface area contributed by atoms with E-state index in [1.165, 1.54) is 13.2 Å². The summed E-state index contributed by atoms with van der Waals surface area (Å²) in [5.74, 6) is 0.409. The molecule has 5 nitrogen and oxygen atoms in total. The first-order valence-corrected chi connectivity index (χ1v) is 10.7. The van der Waals surface area contributed by atoms with Gasteiger partial charge in [-0.15, -0.1) is 0 Å². The van der Waals surface area contributed by atoms with E-state index in [2.05, 4.69) is 0 Å². The number of esters is 1. The van der Waals surface area contributed by atoms with E-state index in [0.717, 1.165) is 16.7 Å². The minimum Gasteiger partial charge on any atom is -0.496 e. The van der Waals surface area contributed by atoms with Gasteiger partial charge in [0, 0.05) is 5.02 Å². The molecule has 0 radical (unpaired) electrons. The Morgan fingerprint density at radius 2 is 1.56 bits per heavy atom. The zero-order chi connectivity index (χ0) is 24.3. The van der Waals surface area contributed by atoms with Crippen LogP contribution >= 0.6 is 11.6 Å². The molecule has 0 atom stereocenters. The summed E-state index contributed by atoms with van der Waals surface area (Å²) in [7, 11) is 1.50. The van der Waals surface area contributed by atoms with Crippen molar-refractivity contribution in [1.29, 1.82) is 0 Å². The van der Waals surface area contributed by atoms with Crippen molar-refractivity contribution in [3.05, 3.63) is 63.7 Å². The topological polar surface area (TPSA) is 61.8 Å². The van der Waals surface area contributed by atoms with Gasteiger partial charge in [-0.25, -0.2) is 4.79 Å². The number of aryl methyl sites for hydroxylation is 2. The Kier molecular flexibility index (Phi) is 7.79. The highest BCUT2D eigenvalue weighted by Gasteiger charge is 2.35. The highest BCUT2D eigenvalue weighted by Crippen LogP contribution is 2.30. The number of carbonyl (C=O) groups excluding carboxylic acids is 2. The lowest BCUT2D eigenvalue weighted by Crippen LogP contribution is -2.43. The van der Waals surface area contributed by atoms with Crippen LogP contribution in [0.2, 0.25) is 5.02 Å². The molecule has 0 saturated carbocycles. The molecule has 172 valence electrons. The maximum atomic E-state index is 12.6. The molecule has 0 N–H and O–H groups in total. The van der Waals surface area contributed by atoms with Crippen LogP contribution in [0.25, 0.3) is 6.08 Å². The number of hydrogen-bond acceptors (Lipinski definition) is 5. The molecule has 0 unspecified atom stereocenters. The number of methoxy groups -OCH3 is 1. The summed E-state index contributed by atoms with van der Waals surface area (Å²) in [6, 6.07) is 8.69. The van der Waals surface area contributed by atoms with Gasteiger partial charge in [0.1, 0.15) is 17.1 Å². The van der Waals surface area contributed by atoms with Crippen LogP contribution in [0, 0.1) is 13.8 Å². The predicted octanol–water partition coefficient (Wildman–Crippen LogP) is 6.36. The molecular formula is C26H31ClO5. The average molecular weight is 459 g/mol. The zero-order valence-electron chi connectivity index (χ0n) is 20.0. The van der Waals surface area contributed by atoms with Crippen LogP contribution in [0.3, 0.4) is 0 Å². The second kappa shape index (κ2) is 9.78. The quantitative estimate of drug-likeness (QED) is 0.274. The first-order valence-electron chi connectivity index (χ1n) is 10.3. The van der Waals surface area contributed by atoms with Gasteiger partial charge in [0.15, 0.2) is 11.4 Å². The molecule has 32 heavy (non-hydrogen) atoms. The number of hydrogen-bond donors (Lipinski definition) is 0. The van der Waals surface area contributed by atoms with Crippen LogP contribution in [-0.2, 0) is 9.53 Å². The summed E-state index contributed by atoms with van der Waals surface area (Å²) in [6.45, 7) is 12.6. The summed E-state index contributed by atoms with van der Waals surface area (Å²) < 4.78 is 16.8. The lowest BCUT2D eigenvalue weighted by Gasteiger charge is -2.30. The lowest BCUT2D eigenvalue weighted by molar-refractivity contribution is -0.171. The summed E-state index contributed by atoms with van der Waals surface area (Å²) in [5.41, 5.74) is 1.21. The van der Waals surface area contributed by atoms with Gasteiger partial charge in [-0.3, -0.25) is 4.79 Å². The first kappa shape index (κ1) is 25.5. The molecule has 0 amide bonds. The Labute approximate surface area is 195 Å². The van der Waals surface area contributed by atoms with Crippen molar-refractivity contribution in [1.82, 2.24) is 0 Å². The molecule has 2 rings (SSSR count). The maximum Gasteiger partial charge on any atom is 0.350 e. The summed E-state index contributed by atoms with van der Waals surface area (Å²) in [4.78, 5) is 25.2. The van der Waals surface area contributed by atoms with E-state index in [-0.39, 0.29) is 5.78 Å². The first-order chi connectivity index (χ1) is 14.7. The Hall–Kier alpha value is -2.79. The predicted molar refractivity (Wildman–Crippen MR) is 128 cm³/mol. The molecule has 2 aromatic rings. The van der Waals surface area contributed by atoms with Gasteiger partial charge in [0.05, 0.1) is 12.7 Å². The molecule has 0 fully saturated rings. The Morgan fingerprint density at radius 1 is 0.969 bits per heavy atom. The average Bonchev–Trinajstić information content (AvgIpc) is 2.67. The van der Waals surface area contributed by atoms with Crippen LogP contribution in [-0.4, -0.2) is 30.1 Å². The normalized spacial score (nSPS) is 12.0. The fourth-order valence-corrected chi connectivity index (χ4v) is 3.23. The fourth-order valence-electron chi connectivity index (χ4n) is 3.07. The van der Waals surface area contributed by atoms with Crippen LogP contribution < -0.4 is 9.47 Å². The molecule has 0 heterocycles. The third-order valence-electron chi connectivity index (χ3n) is 4.59. The number of ether oxygens (including phenoxy) is 3. The molecule has 0 aromatic heterocycles. The molecule has 0 spiro atoms. The maximum absolute atomic E-state index is 12.6. The largest absolute Gasteiger partial charge is 0.496 e. The summed E-state index contributed by atoms with van der Waals surface area (Å²) in [5, 5.41) is 0.499. The minimum absolute atomic E-state index is 0.194. The van der Waals surface area contributed by atoms with E-state index in [4.69, 9.17) is 25.8 Å². The monoisotopic (exact) mass is 458 g/mol. The fraction of sp³-hybridized carbons (Fsp3) is 0.385. The number of allylic oxidation sites excluding steroid dienone is 1. The highest BCUT2D eigenvalue weighted by atomic mass is 35.5. The van der Waals surface area contributed by atoms with Crippen LogP contribution in [0.1, 0.15) is 61.7 Å². The van der Waals surface area contributed by atoms with Gasteiger partial charge in [-0.2, -0.15) is 0 Å². The van der Waals surface area contributed by atoms with Gasteiger partial charge in [0.2, 0.25) is 0 Å². The highest BCUT2D eigenvalue weighted by molar-refractivity contribution is 6.31. The van der Waals surface area contributed by atoms with Crippen molar-refractivity contribution in [2.24, 2.45) is 0 Å². The van der Waals surface area contributed by atoms with Crippen molar-refractivity contribution in [2.45, 2.75) is 59.7 Å². The number of ketones is 1. The van der Waals surface area contributed by atoms with Crippen LogP contribution in [0.5, 0.6) is 11.5 Å². The van der Waals surface area contributed by atoms with Crippen LogP contribution in [0.15, 0.2) is 36.4 Å². The van der Waals surface area contributed by atoms with E-state index in [0.29, 0.717) is 22.1 Å². The van der Waals surface area contributed by atoms with E-state index < -0.39 is 17.2 Å². The molecule has 0 saturated heterocycles. The van der Waals surface area contributed by atoms with E-state index in [9.17, 15) is 9.59 Å². The van der Waals surface area contributed by atoms with Gasteiger partial charge in [0.25, 0.3) is 0 Å². The Bertz CT molecular complexity index is 1020. The molecule has 0 aliphatic carbocycles. The summed E-state index contributed by atoms with van der Waals surface area (Å²) in [6.07, 6.45) is 3.23. The lowest BCUT2D eigenvalue weighted by atomic mass is 10.0. The number of carbonyl (C=O) groups is 2. The Morgan fingerprint density at radius 3 is 2.09 bits per heavy atom. The second-order valence-corrected chi connectivity index (χ2v) is 9.58. The van der Waals surface area contributed by atoms with Crippen molar-refractivity contribution in [2.75, 3.05) is 7.11 Å². The number of benzene rings is 2. The van der Waals surface area contributed by atoms with Crippen molar-refractivity contribution in [3.8, 4) is 11.5 Å². The van der Waals surface area contributed by atoms with E-state index >= 15 is 0 Å². The minimum atomic E-state index is -1.15. The van der Waals surface area contributed by atoms with Crippen molar-refractivity contribution in [3.63, 3.8) is 0 Å². The van der Waals surface area contributed by atoms with Gasteiger partial charge in [-0.05, 0) is 102 Å². The molecular weight excluding hydrogens is 428 g/mol. The molecule has 0 aliphatic heterocycles. The SMILES string of the molecule is COc1cc(Cl)ccc1C(=O)/C=C/c1cc(C)c(OC(C)(C)C(=O)OC(C)(C)C)c(C)c1. The van der Waals surface area contributed by atoms with Crippen molar-refractivity contribution >= 4 is 29.4 Å². The third-order valence-corrected chi connectivity index (χ3v) is 4.82. The van der Waals surface area contributed by atoms with Gasteiger partial charge >= 0.3 is 5.97 Å². The van der Waals surface area contributed by atoms with Gasteiger partial charge in [-0.1, -0.05) is 17.7 Å². The standard InChI is InChI=1S/C26H31ClO5/c1-16-13-18(9-12-21(28)20-11-10-19(27)15-22(20)30-8)14-17(2)23(16)31-26(6,7)24(29)32-25(3,4)5/h9-15H,1-8H3/b12-9+. The third kappa shape index (κ3) is 6.60. The molecule has 2 aromatic carbocycles. The smallest absolute Gasteiger partial charge is 0.350 e. The summed E-state index contributed by atoms with van der Waals surface area (Å²) >= 11 is 5.97.